The van der Waals surface area contributed by atoms with Crippen LogP contribution in [0, 0.1) is 0 Å². The summed E-state index contributed by atoms with van der Waals surface area (Å²) in [7, 11) is 0. The summed E-state index contributed by atoms with van der Waals surface area (Å²) < 4.78 is 8.05. The Labute approximate surface area is 118 Å². The van der Waals surface area contributed by atoms with E-state index in [1.165, 1.54) is 6.33 Å². The molecular formula is C13H11BrN4O. The van der Waals surface area contributed by atoms with Gasteiger partial charge >= 0.3 is 0 Å². The van der Waals surface area contributed by atoms with Gasteiger partial charge in [0.1, 0.15) is 18.4 Å². The molecule has 0 bridgehead atoms. The van der Waals surface area contributed by atoms with Crippen LogP contribution in [0.3, 0.4) is 0 Å². The standard InChI is InChI=1S/C13H11BrN4O/c14-10-5-6-19-13(10)7-16-11-3-1-2-4-12(11)18-9-15-8-17-18/h1-6,8-9,16H,7H2. The maximum absolute atomic E-state index is 5.37. The van der Waals surface area contributed by atoms with Gasteiger partial charge < -0.3 is 9.73 Å². The molecule has 6 heteroatoms. The van der Waals surface area contributed by atoms with Gasteiger partial charge in [0.15, 0.2) is 0 Å². The molecule has 0 aliphatic heterocycles. The van der Waals surface area contributed by atoms with E-state index < -0.39 is 0 Å². The van der Waals surface area contributed by atoms with Crippen molar-refractivity contribution in [3.8, 4) is 5.69 Å². The molecule has 2 heterocycles. The second-order valence-electron chi connectivity index (χ2n) is 3.90. The van der Waals surface area contributed by atoms with Gasteiger partial charge in [0.05, 0.1) is 28.7 Å². The molecule has 0 saturated heterocycles. The average Bonchev–Trinajstić information content (AvgIpc) is 3.08. The highest BCUT2D eigenvalue weighted by atomic mass is 79.9. The number of para-hydroxylation sites is 2. The second kappa shape index (κ2) is 5.27. The molecular weight excluding hydrogens is 308 g/mol. The largest absolute Gasteiger partial charge is 0.466 e. The molecule has 3 aromatic rings. The minimum Gasteiger partial charge on any atom is -0.466 e. The number of halogens is 1. The molecule has 0 aliphatic rings. The molecule has 5 nitrogen and oxygen atoms in total. The van der Waals surface area contributed by atoms with Crippen LogP contribution in [0.2, 0.25) is 0 Å². The van der Waals surface area contributed by atoms with Crippen molar-refractivity contribution in [3.63, 3.8) is 0 Å². The number of hydrogen-bond donors (Lipinski definition) is 1. The topological polar surface area (TPSA) is 55.9 Å². The molecule has 0 unspecified atom stereocenters. The molecule has 0 amide bonds. The molecule has 0 fully saturated rings. The van der Waals surface area contributed by atoms with Crippen LogP contribution < -0.4 is 5.32 Å². The van der Waals surface area contributed by atoms with Crippen molar-refractivity contribution in [1.82, 2.24) is 14.8 Å². The summed E-state index contributed by atoms with van der Waals surface area (Å²) in [6.45, 7) is 0.597. The van der Waals surface area contributed by atoms with Gasteiger partial charge in [-0.1, -0.05) is 12.1 Å². The molecule has 1 N–H and O–H groups in total. The number of nitrogens with one attached hydrogen (secondary N) is 1. The van der Waals surface area contributed by atoms with Crippen LogP contribution in [-0.4, -0.2) is 14.8 Å². The summed E-state index contributed by atoms with van der Waals surface area (Å²) in [4.78, 5) is 3.96. The normalized spacial score (nSPS) is 10.6. The van der Waals surface area contributed by atoms with Gasteiger partial charge in [-0.2, -0.15) is 5.10 Å². The summed E-state index contributed by atoms with van der Waals surface area (Å²) >= 11 is 3.44. The first kappa shape index (κ1) is 12.0. The first-order valence-corrected chi connectivity index (χ1v) is 6.53. The van der Waals surface area contributed by atoms with E-state index in [1.807, 2.05) is 30.3 Å². The molecule has 0 saturated carbocycles. The quantitative estimate of drug-likeness (QED) is 0.802. The van der Waals surface area contributed by atoms with E-state index in [0.717, 1.165) is 21.6 Å². The Balaban J connectivity index is 1.84. The summed E-state index contributed by atoms with van der Waals surface area (Å²) in [5, 5.41) is 7.47. The van der Waals surface area contributed by atoms with Crippen molar-refractivity contribution in [2.45, 2.75) is 6.54 Å². The highest BCUT2D eigenvalue weighted by molar-refractivity contribution is 9.10. The van der Waals surface area contributed by atoms with Crippen LogP contribution in [0.5, 0.6) is 0 Å². The maximum Gasteiger partial charge on any atom is 0.138 e. The molecule has 0 radical (unpaired) electrons. The third-order valence-electron chi connectivity index (χ3n) is 2.70. The van der Waals surface area contributed by atoms with Gasteiger partial charge in [0.2, 0.25) is 0 Å². The zero-order chi connectivity index (χ0) is 13.1. The van der Waals surface area contributed by atoms with Crippen LogP contribution in [0.25, 0.3) is 5.69 Å². The minimum absolute atomic E-state index is 0.597. The molecule has 96 valence electrons. The summed E-state index contributed by atoms with van der Waals surface area (Å²) in [6.07, 6.45) is 4.84. The predicted octanol–water partition coefficient (Wildman–Crippen LogP) is 3.23. The Kier molecular flexibility index (Phi) is 3.33. The van der Waals surface area contributed by atoms with Crippen molar-refractivity contribution >= 4 is 21.6 Å². The molecule has 0 spiro atoms. The lowest BCUT2D eigenvalue weighted by molar-refractivity contribution is 0.516. The average molecular weight is 319 g/mol. The zero-order valence-electron chi connectivity index (χ0n) is 9.95. The molecule has 0 atom stereocenters. The Morgan fingerprint density at radius 3 is 2.89 bits per heavy atom. The first-order valence-electron chi connectivity index (χ1n) is 5.74. The van der Waals surface area contributed by atoms with Gasteiger partial charge in [0, 0.05) is 0 Å². The first-order chi connectivity index (χ1) is 9.34. The fourth-order valence-electron chi connectivity index (χ4n) is 1.78. The van der Waals surface area contributed by atoms with Crippen LogP contribution in [-0.2, 0) is 6.54 Å². The fourth-order valence-corrected chi connectivity index (χ4v) is 2.12. The third kappa shape index (κ3) is 2.53. The monoisotopic (exact) mass is 318 g/mol. The van der Waals surface area contributed by atoms with E-state index in [4.69, 9.17) is 4.42 Å². The number of anilines is 1. The Bertz CT molecular complexity index is 663. The molecule has 2 aromatic heterocycles. The summed E-state index contributed by atoms with van der Waals surface area (Å²) in [5.74, 6) is 0.855. The number of hydrogen-bond acceptors (Lipinski definition) is 4. The van der Waals surface area contributed by atoms with E-state index in [9.17, 15) is 0 Å². The molecule has 0 aliphatic carbocycles. The number of aromatic nitrogens is 3. The van der Waals surface area contributed by atoms with E-state index in [2.05, 4.69) is 31.3 Å². The van der Waals surface area contributed by atoms with Gasteiger partial charge in [-0.3, -0.25) is 0 Å². The van der Waals surface area contributed by atoms with Crippen molar-refractivity contribution in [3.05, 3.63) is 59.5 Å². The van der Waals surface area contributed by atoms with Crippen LogP contribution in [0.15, 0.2) is 58.1 Å². The van der Waals surface area contributed by atoms with Gasteiger partial charge in [-0.25, -0.2) is 9.67 Å². The van der Waals surface area contributed by atoms with Gasteiger partial charge in [-0.15, -0.1) is 0 Å². The smallest absolute Gasteiger partial charge is 0.138 e. The maximum atomic E-state index is 5.37. The van der Waals surface area contributed by atoms with Crippen molar-refractivity contribution in [1.29, 1.82) is 0 Å². The van der Waals surface area contributed by atoms with Crippen molar-refractivity contribution in [2.24, 2.45) is 0 Å². The third-order valence-corrected chi connectivity index (χ3v) is 3.41. The number of furan rings is 1. The van der Waals surface area contributed by atoms with Crippen LogP contribution in [0.4, 0.5) is 5.69 Å². The van der Waals surface area contributed by atoms with Gasteiger partial charge in [0.25, 0.3) is 0 Å². The van der Waals surface area contributed by atoms with Crippen molar-refractivity contribution in [2.75, 3.05) is 5.32 Å². The molecule has 1 aromatic carbocycles. The van der Waals surface area contributed by atoms with E-state index in [-0.39, 0.29) is 0 Å². The van der Waals surface area contributed by atoms with Crippen LogP contribution in [0.1, 0.15) is 5.76 Å². The Hall–Kier alpha value is -2.08. The highest BCUT2D eigenvalue weighted by Crippen LogP contribution is 2.22. The van der Waals surface area contributed by atoms with E-state index in [1.54, 1.807) is 17.3 Å². The summed E-state index contributed by atoms with van der Waals surface area (Å²) in [6, 6.07) is 9.79. The number of rotatable bonds is 4. The fraction of sp³-hybridized carbons (Fsp3) is 0.0769. The Morgan fingerprint density at radius 2 is 2.16 bits per heavy atom. The highest BCUT2D eigenvalue weighted by Gasteiger charge is 2.07. The number of nitrogens with zero attached hydrogens (tertiary/aromatic N) is 3. The molecule has 3 rings (SSSR count). The lowest BCUT2D eigenvalue weighted by atomic mass is 10.2. The lowest BCUT2D eigenvalue weighted by Crippen LogP contribution is -2.04. The van der Waals surface area contributed by atoms with Gasteiger partial charge in [-0.05, 0) is 34.1 Å². The van der Waals surface area contributed by atoms with Crippen LogP contribution >= 0.6 is 15.9 Å². The SMILES string of the molecule is Brc1ccoc1CNc1ccccc1-n1cncn1. The lowest BCUT2D eigenvalue weighted by Gasteiger charge is -2.10. The second-order valence-corrected chi connectivity index (χ2v) is 4.76. The zero-order valence-corrected chi connectivity index (χ0v) is 11.5. The minimum atomic E-state index is 0.597. The summed E-state index contributed by atoms with van der Waals surface area (Å²) in [5.41, 5.74) is 1.92. The number of benzene rings is 1. The molecule has 19 heavy (non-hydrogen) atoms. The van der Waals surface area contributed by atoms with E-state index >= 15 is 0 Å². The van der Waals surface area contributed by atoms with Crippen molar-refractivity contribution < 1.29 is 4.42 Å². The Morgan fingerprint density at radius 1 is 1.26 bits per heavy atom. The van der Waals surface area contributed by atoms with E-state index in [0.29, 0.717) is 6.54 Å². The predicted molar refractivity (Wildman–Crippen MR) is 75.1 cm³/mol.